The first-order valence-corrected chi connectivity index (χ1v) is 6.42. The summed E-state index contributed by atoms with van der Waals surface area (Å²) in [5.41, 5.74) is 1.26. The first-order valence-electron chi connectivity index (χ1n) is 4.81. The van der Waals surface area contributed by atoms with Gasteiger partial charge in [-0.25, -0.2) is 0 Å². The molecule has 17 heavy (non-hydrogen) atoms. The van der Waals surface area contributed by atoms with Crippen molar-refractivity contribution in [2.45, 2.75) is 0 Å². The second-order valence-electron chi connectivity index (χ2n) is 3.30. The van der Waals surface area contributed by atoms with Gasteiger partial charge in [-0.2, -0.15) is 0 Å². The molecule has 1 aromatic carbocycles. The number of hydrogen-bond donors (Lipinski definition) is 1. The fourth-order valence-corrected chi connectivity index (χ4v) is 2.56. The summed E-state index contributed by atoms with van der Waals surface area (Å²) in [4.78, 5) is 22.9. The summed E-state index contributed by atoms with van der Waals surface area (Å²) < 4.78 is 0.916. The largest absolute Gasteiger partial charge is 0.321 e. The van der Waals surface area contributed by atoms with Gasteiger partial charge in [0.2, 0.25) is 0 Å². The molecule has 1 aromatic heterocycles. The molecule has 0 aliphatic heterocycles. The number of thiophene rings is 1. The highest BCUT2D eigenvalue weighted by atomic mass is 79.9. The number of carbonyl (C=O) groups is 2. The van der Waals surface area contributed by atoms with E-state index >= 15 is 0 Å². The number of hydrogen-bond acceptors (Lipinski definition) is 3. The van der Waals surface area contributed by atoms with E-state index in [4.69, 9.17) is 0 Å². The van der Waals surface area contributed by atoms with E-state index in [0.29, 0.717) is 16.1 Å². The average molecular weight is 310 g/mol. The lowest BCUT2D eigenvalue weighted by Gasteiger charge is -2.03. The summed E-state index contributed by atoms with van der Waals surface area (Å²) in [5, 5.41) is 2.76. The standard InChI is InChI=1S/C12H8BrNO2S/c13-11-6-5-10(17-11)12(16)14-9-3-1-8(7-15)2-4-9/h1-7H,(H,14,16). The van der Waals surface area contributed by atoms with Crippen LogP contribution in [-0.4, -0.2) is 12.2 Å². The Morgan fingerprint density at radius 1 is 1.18 bits per heavy atom. The summed E-state index contributed by atoms with van der Waals surface area (Å²) in [6.07, 6.45) is 0.766. The van der Waals surface area contributed by atoms with Crippen molar-refractivity contribution < 1.29 is 9.59 Å². The van der Waals surface area contributed by atoms with Crippen LogP contribution in [0.4, 0.5) is 5.69 Å². The average Bonchev–Trinajstić information content (AvgIpc) is 2.77. The molecular weight excluding hydrogens is 302 g/mol. The van der Waals surface area contributed by atoms with Crippen molar-refractivity contribution in [3.63, 3.8) is 0 Å². The Bertz CT molecular complexity index is 548. The van der Waals surface area contributed by atoms with Crippen LogP contribution in [0.2, 0.25) is 0 Å². The van der Waals surface area contributed by atoms with Crippen molar-refractivity contribution >= 4 is 45.1 Å². The van der Waals surface area contributed by atoms with Crippen LogP contribution in [0, 0.1) is 0 Å². The number of rotatable bonds is 3. The monoisotopic (exact) mass is 309 g/mol. The SMILES string of the molecule is O=Cc1ccc(NC(=O)c2ccc(Br)s2)cc1. The lowest BCUT2D eigenvalue weighted by atomic mass is 10.2. The van der Waals surface area contributed by atoms with Gasteiger partial charge in [-0.3, -0.25) is 9.59 Å². The van der Waals surface area contributed by atoms with Gasteiger partial charge in [0.25, 0.3) is 5.91 Å². The summed E-state index contributed by atoms with van der Waals surface area (Å²) >= 11 is 4.68. The third-order valence-corrected chi connectivity index (χ3v) is 3.72. The molecule has 0 aliphatic carbocycles. The lowest BCUT2D eigenvalue weighted by molar-refractivity contribution is 0.103. The molecule has 0 unspecified atom stereocenters. The molecule has 2 rings (SSSR count). The van der Waals surface area contributed by atoms with Crippen LogP contribution in [-0.2, 0) is 0 Å². The smallest absolute Gasteiger partial charge is 0.265 e. The number of nitrogens with one attached hydrogen (secondary N) is 1. The van der Waals surface area contributed by atoms with Crippen LogP contribution in [0.5, 0.6) is 0 Å². The Morgan fingerprint density at radius 3 is 2.41 bits per heavy atom. The molecule has 1 amide bonds. The van der Waals surface area contributed by atoms with E-state index in [2.05, 4.69) is 21.2 Å². The molecule has 0 aliphatic rings. The van der Waals surface area contributed by atoms with Gasteiger partial charge < -0.3 is 5.32 Å². The van der Waals surface area contributed by atoms with Crippen LogP contribution in [0.15, 0.2) is 40.2 Å². The maximum atomic E-state index is 11.8. The topological polar surface area (TPSA) is 46.2 Å². The van der Waals surface area contributed by atoms with E-state index in [1.54, 1.807) is 30.3 Å². The molecular formula is C12H8BrNO2S. The number of anilines is 1. The minimum Gasteiger partial charge on any atom is -0.321 e. The molecule has 0 saturated carbocycles. The Labute approximate surface area is 111 Å². The van der Waals surface area contributed by atoms with Crippen LogP contribution in [0.3, 0.4) is 0 Å². The summed E-state index contributed by atoms with van der Waals surface area (Å²) in [6, 6.07) is 10.3. The van der Waals surface area contributed by atoms with Crippen LogP contribution in [0.25, 0.3) is 0 Å². The minimum absolute atomic E-state index is 0.153. The van der Waals surface area contributed by atoms with Gasteiger partial charge >= 0.3 is 0 Å². The van der Waals surface area contributed by atoms with E-state index in [-0.39, 0.29) is 5.91 Å². The van der Waals surface area contributed by atoms with Gasteiger partial charge in [0.15, 0.2) is 0 Å². The maximum Gasteiger partial charge on any atom is 0.265 e. The first-order chi connectivity index (χ1) is 8.19. The molecule has 2 aromatic rings. The second-order valence-corrected chi connectivity index (χ2v) is 5.76. The van der Waals surface area contributed by atoms with Gasteiger partial charge in [0.05, 0.1) is 8.66 Å². The van der Waals surface area contributed by atoms with E-state index in [9.17, 15) is 9.59 Å². The Balaban J connectivity index is 2.10. The molecule has 0 spiro atoms. The second kappa shape index (κ2) is 5.25. The van der Waals surface area contributed by atoms with E-state index in [1.165, 1.54) is 11.3 Å². The molecule has 3 nitrogen and oxygen atoms in total. The summed E-state index contributed by atoms with van der Waals surface area (Å²) in [6.45, 7) is 0. The molecule has 0 fully saturated rings. The minimum atomic E-state index is -0.153. The van der Waals surface area contributed by atoms with E-state index < -0.39 is 0 Å². The van der Waals surface area contributed by atoms with Gasteiger partial charge in [-0.1, -0.05) is 0 Å². The van der Waals surface area contributed by atoms with Gasteiger partial charge in [0.1, 0.15) is 6.29 Å². The normalized spacial score (nSPS) is 9.94. The first kappa shape index (κ1) is 12.0. The quantitative estimate of drug-likeness (QED) is 0.881. The fourth-order valence-electron chi connectivity index (χ4n) is 1.27. The van der Waals surface area contributed by atoms with E-state index in [0.717, 1.165) is 10.1 Å². The highest BCUT2D eigenvalue weighted by Gasteiger charge is 2.08. The predicted octanol–water partition coefficient (Wildman–Crippen LogP) is 3.58. The van der Waals surface area contributed by atoms with Crippen LogP contribution >= 0.6 is 27.3 Å². The molecule has 1 N–H and O–H groups in total. The molecule has 0 saturated heterocycles. The zero-order chi connectivity index (χ0) is 12.3. The number of halogens is 1. The third kappa shape index (κ3) is 3.01. The Hall–Kier alpha value is -1.46. The fraction of sp³-hybridized carbons (Fsp3) is 0. The van der Waals surface area contributed by atoms with Crippen molar-refractivity contribution in [1.82, 2.24) is 0 Å². The molecule has 0 radical (unpaired) electrons. The van der Waals surface area contributed by atoms with Crippen molar-refractivity contribution in [1.29, 1.82) is 0 Å². The predicted molar refractivity (Wildman–Crippen MR) is 71.8 cm³/mol. The van der Waals surface area contributed by atoms with E-state index in [1.807, 2.05) is 6.07 Å². The van der Waals surface area contributed by atoms with Crippen molar-refractivity contribution in [2.24, 2.45) is 0 Å². The Morgan fingerprint density at radius 2 is 1.88 bits per heavy atom. The molecule has 0 atom stereocenters. The van der Waals surface area contributed by atoms with Crippen molar-refractivity contribution in [2.75, 3.05) is 5.32 Å². The van der Waals surface area contributed by atoms with Crippen molar-refractivity contribution in [3.05, 3.63) is 50.6 Å². The summed E-state index contributed by atoms with van der Waals surface area (Å²) in [5.74, 6) is -0.153. The maximum absolute atomic E-state index is 11.8. The number of amides is 1. The number of carbonyl (C=O) groups excluding carboxylic acids is 2. The lowest BCUT2D eigenvalue weighted by Crippen LogP contribution is -2.09. The highest BCUT2D eigenvalue weighted by Crippen LogP contribution is 2.23. The van der Waals surface area contributed by atoms with Crippen LogP contribution in [0.1, 0.15) is 20.0 Å². The zero-order valence-corrected chi connectivity index (χ0v) is 11.0. The molecule has 0 bridgehead atoms. The van der Waals surface area contributed by atoms with Gasteiger partial charge in [0, 0.05) is 11.3 Å². The zero-order valence-electron chi connectivity index (χ0n) is 8.64. The molecule has 1 heterocycles. The summed E-state index contributed by atoms with van der Waals surface area (Å²) in [7, 11) is 0. The van der Waals surface area contributed by atoms with Gasteiger partial charge in [-0.05, 0) is 52.3 Å². The third-order valence-electron chi connectivity index (χ3n) is 2.10. The molecule has 5 heteroatoms. The van der Waals surface area contributed by atoms with Gasteiger partial charge in [-0.15, -0.1) is 11.3 Å². The molecule has 86 valence electrons. The Kier molecular flexibility index (Phi) is 3.71. The number of aldehydes is 1. The number of benzene rings is 1. The van der Waals surface area contributed by atoms with Crippen molar-refractivity contribution in [3.8, 4) is 0 Å². The van der Waals surface area contributed by atoms with Crippen LogP contribution < -0.4 is 5.32 Å². The highest BCUT2D eigenvalue weighted by molar-refractivity contribution is 9.11.